The molecule has 1 aliphatic rings. The molecule has 8 heteroatoms. The highest BCUT2D eigenvalue weighted by atomic mass is 16.5. The molecule has 1 aliphatic heterocycles. The van der Waals surface area contributed by atoms with Gasteiger partial charge in [-0.05, 0) is 12.5 Å². The van der Waals surface area contributed by atoms with Gasteiger partial charge in [-0.3, -0.25) is 4.79 Å². The summed E-state index contributed by atoms with van der Waals surface area (Å²) in [5, 5.41) is 3.99. The van der Waals surface area contributed by atoms with Gasteiger partial charge >= 0.3 is 0 Å². The number of carbonyl (C=O) groups excluding carboxylic acids is 1. The molecule has 0 bridgehead atoms. The summed E-state index contributed by atoms with van der Waals surface area (Å²) < 4.78 is 26.4. The maximum atomic E-state index is 12.6. The standard InChI is InChI=1S/C18H22N2O6/c1-22-14-9-16(24-3)15(23-2)8-12(14)13(21)4-5-17-19-18(20-26-17)11-6-7-25-10-11/h8-9,11H,4-7,10H2,1-3H3/t11-/m0/s1. The maximum absolute atomic E-state index is 12.6. The van der Waals surface area contributed by atoms with Crippen LogP contribution < -0.4 is 14.2 Å². The number of aryl methyl sites for hydroxylation is 1. The molecule has 3 rings (SSSR count). The van der Waals surface area contributed by atoms with Crippen LogP contribution in [0, 0.1) is 0 Å². The number of hydrogen-bond donors (Lipinski definition) is 0. The lowest BCUT2D eigenvalue weighted by atomic mass is 10.0. The summed E-state index contributed by atoms with van der Waals surface area (Å²) in [4.78, 5) is 17.0. The zero-order valence-electron chi connectivity index (χ0n) is 15.1. The predicted molar refractivity (Wildman–Crippen MR) is 91.2 cm³/mol. The smallest absolute Gasteiger partial charge is 0.227 e. The van der Waals surface area contributed by atoms with Crippen molar-refractivity contribution in [1.82, 2.24) is 10.1 Å². The van der Waals surface area contributed by atoms with Gasteiger partial charge in [-0.2, -0.15) is 4.98 Å². The van der Waals surface area contributed by atoms with E-state index in [0.717, 1.165) is 6.42 Å². The summed E-state index contributed by atoms with van der Waals surface area (Å²) in [5.74, 6) is 2.57. The lowest BCUT2D eigenvalue weighted by Gasteiger charge is -2.13. The van der Waals surface area contributed by atoms with Gasteiger partial charge in [0, 0.05) is 31.4 Å². The van der Waals surface area contributed by atoms with Gasteiger partial charge in [0.2, 0.25) is 5.89 Å². The number of Topliss-reactive ketones (excluding diaryl/α,β-unsaturated/α-hetero) is 1. The summed E-state index contributed by atoms with van der Waals surface area (Å²) in [6, 6.07) is 3.26. The van der Waals surface area contributed by atoms with Crippen LogP contribution in [0.2, 0.25) is 0 Å². The van der Waals surface area contributed by atoms with Crippen molar-refractivity contribution in [1.29, 1.82) is 0 Å². The van der Waals surface area contributed by atoms with Gasteiger partial charge in [0.1, 0.15) is 5.75 Å². The van der Waals surface area contributed by atoms with Gasteiger partial charge < -0.3 is 23.5 Å². The quantitative estimate of drug-likeness (QED) is 0.661. The van der Waals surface area contributed by atoms with Gasteiger partial charge in [0.15, 0.2) is 23.1 Å². The summed E-state index contributed by atoms with van der Waals surface area (Å²) >= 11 is 0. The molecule has 1 aromatic heterocycles. The number of carbonyl (C=O) groups is 1. The Bertz CT molecular complexity index is 767. The van der Waals surface area contributed by atoms with E-state index in [1.54, 1.807) is 12.1 Å². The number of ether oxygens (including phenoxy) is 4. The predicted octanol–water partition coefficient (Wildman–Crippen LogP) is 2.41. The fourth-order valence-corrected chi connectivity index (χ4v) is 2.88. The molecule has 2 heterocycles. The summed E-state index contributed by atoms with van der Waals surface area (Å²) in [7, 11) is 4.55. The normalized spacial score (nSPS) is 16.5. The molecule has 0 spiro atoms. The largest absolute Gasteiger partial charge is 0.496 e. The second-order valence-corrected chi connectivity index (χ2v) is 5.94. The van der Waals surface area contributed by atoms with E-state index in [2.05, 4.69) is 10.1 Å². The van der Waals surface area contributed by atoms with E-state index >= 15 is 0 Å². The van der Waals surface area contributed by atoms with Crippen LogP contribution in [0.5, 0.6) is 17.2 Å². The van der Waals surface area contributed by atoms with Gasteiger partial charge in [-0.1, -0.05) is 5.16 Å². The third-order valence-corrected chi connectivity index (χ3v) is 4.35. The second kappa shape index (κ2) is 8.18. The molecule has 1 aromatic carbocycles. The zero-order chi connectivity index (χ0) is 18.5. The zero-order valence-corrected chi connectivity index (χ0v) is 15.1. The Hall–Kier alpha value is -2.61. The molecule has 140 valence electrons. The van der Waals surface area contributed by atoms with Crippen LogP contribution >= 0.6 is 0 Å². The molecule has 0 aliphatic carbocycles. The summed E-state index contributed by atoms with van der Waals surface area (Å²) in [6.07, 6.45) is 1.46. The van der Waals surface area contributed by atoms with Crippen molar-refractivity contribution >= 4 is 5.78 Å². The van der Waals surface area contributed by atoms with E-state index in [0.29, 0.717) is 54.2 Å². The number of rotatable bonds is 8. The topological polar surface area (TPSA) is 92.9 Å². The molecule has 0 unspecified atom stereocenters. The summed E-state index contributed by atoms with van der Waals surface area (Å²) in [6.45, 7) is 1.33. The lowest BCUT2D eigenvalue weighted by molar-refractivity contribution is 0.0976. The van der Waals surface area contributed by atoms with E-state index in [1.807, 2.05) is 0 Å². The highest BCUT2D eigenvalue weighted by Gasteiger charge is 2.24. The average Bonchev–Trinajstić information content (AvgIpc) is 3.36. The minimum atomic E-state index is -0.105. The van der Waals surface area contributed by atoms with E-state index in [1.165, 1.54) is 21.3 Å². The number of nitrogens with zero attached hydrogens (tertiary/aromatic N) is 2. The van der Waals surface area contributed by atoms with Crippen LogP contribution in [-0.4, -0.2) is 50.5 Å². The monoisotopic (exact) mass is 362 g/mol. The Morgan fingerprint density at radius 2 is 1.88 bits per heavy atom. The highest BCUT2D eigenvalue weighted by molar-refractivity contribution is 5.99. The molecule has 0 amide bonds. The number of hydrogen-bond acceptors (Lipinski definition) is 8. The highest BCUT2D eigenvalue weighted by Crippen LogP contribution is 2.35. The summed E-state index contributed by atoms with van der Waals surface area (Å²) in [5.41, 5.74) is 0.425. The van der Waals surface area contributed by atoms with E-state index in [-0.39, 0.29) is 18.1 Å². The molecule has 26 heavy (non-hydrogen) atoms. The Labute approximate surface area is 151 Å². The fourth-order valence-electron chi connectivity index (χ4n) is 2.88. The third kappa shape index (κ3) is 3.80. The number of benzene rings is 1. The molecule has 0 saturated carbocycles. The van der Waals surface area contributed by atoms with Crippen molar-refractivity contribution in [3.63, 3.8) is 0 Å². The van der Waals surface area contributed by atoms with Crippen molar-refractivity contribution in [3.05, 3.63) is 29.4 Å². The van der Waals surface area contributed by atoms with E-state index in [4.69, 9.17) is 23.5 Å². The van der Waals surface area contributed by atoms with Gasteiger partial charge in [-0.25, -0.2) is 0 Å². The first-order valence-electron chi connectivity index (χ1n) is 8.39. The van der Waals surface area contributed by atoms with E-state index in [9.17, 15) is 4.79 Å². The molecule has 0 N–H and O–H groups in total. The molecule has 8 nitrogen and oxygen atoms in total. The minimum absolute atomic E-state index is 0.105. The van der Waals surface area contributed by atoms with Crippen LogP contribution in [0.4, 0.5) is 0 Å². The molecular weight excluding hydrogens is 340 g/mol. The number of ketones is 1. The lowest BCUT2D eigenvalue weighted by Crippen LogP contribution is -2.06. The van der Waals surface area contributed by atoms with Gasteiger partial charge in [0.25, 0.3) is 0 Å². The molecule has 1 fully saturated rings. The number of methoxy groups -OCH3 is 3. The first-order valence-corrected chi connectivity index (χ1v) is 8.39. The molecule has 1 saturated heterocycles. The number of aromatic nitrogens is 2. The Morgan fingerprint density at radius 1 is 1.15 bits per heavy atom. The first kappa shape index (κ1) is 18.2. The SMILES string of the molecule is COc1cc(OC)c(C(=O)CCc2nc([C@H]3CCOC3)no2)cc1OC. The van der Waals surface area contributed by atoms with Crippen molar-refractivity contribution in [3.8, 4) is 17.2 Å². The minimum Gasteiger partial charge on any atom is -0.496 e. The third-order valence-electron chi connectivity index (χ3n) is 4.35. The van der Waals surface area contributed by atoms with Crippen molar-refractivity contribution < 1.29 is 28.3 Å². The second-order valence-electron chi connectivity index (χ2n) is 5.94. The first-order chi connectivity index (χ1) is 12.7. The molecule has 1 atom stereocenters. The van der Waals surface area contributed by atoms with Crippen LogP contribution in [-0.2, 0) is 11.2 Å². The van der Waals surface area contributed by atoms with Crippen LogP contribution in [0.3, 0.4) is 0 Å². The van der Waals surface area contributed by atoms with Crippen LogP contribution in [0.25, 0.3) is 0 Å². The molecular formula is C18H22N2O6. The van der Waals surface area contributed by atoms with Gasteiger partial charge in [0.05, 0.1) is 33.5 Å². The van der Waals surface area contributed by atoms with Crippen molar-refractivity contribution in [2.75, 3.05) is 34.5 Å². The van der Waals surface area contributed by atoms with Crippen molar-refractivity contribution in [2.45, 2.75) is 25.2 Å². The van der Waals surface area contributed by atoms with Crippen molar-refractivity contribution in [2.24, 2.45) is 0 Å². The molecule has 0 radical (unpaired) electrons. The van der Waals surface area contributed by atoms with Crippen LogP contribution in [0.15, 0.2) is 16.7 Å². The maximum Gasteiger partial charge on any atom is 0.227 e. The molecule has 2 aromatic rings. The Morgan fingerprint density at radius 3 is 2.54 bits per heavy atom. The fraction of sp³-hybridized carbons (Fsp3) is 0.500. The van der Waals surface area contributed by atoms with E-state index < -0.39 is 0 Å². The van der Waals surface area contributed by atoms with Crippen LogP contribution in [0.1, 0.15) is 40.8 Å². The Kier molecular flexibility index (Phi) is 5.72. The average molecular weight is 362 g/mol. The van der Waals surface area contributed by atoms with Gasteiger partial charge in [-0.15, -0.1) is 0 Å². The Balaban J connectivity index is 1.69.